The number of rotatable bonds is 5. The minimum absolute atomic E-state index is 0.166. The average molecular weight is 354 g/mol. The van der Waals surface area contributed by atoms with Gasteiger partial charge in [0.25, 0.3) is 5.91 Å². The number of hydrogen-bond acceptors (Lipinski definition) is 3. The lowest BCUT2D eigenvalue weighted by Crippen LogP contribution is -2.32. The fraction of sp³-hybridized carbons (Fsp3) is 0.333. The minimum atomic E-state index is -0.526. The van der Waals surface area contributed by atoms with Crippen molar-refractivity contribution >= 4 is 17.7 Å². The van der Waals surface area contributed by atoms with E-state index in [0.29, 0.717) is 12.1 Å². The molecule has 2 aromatic rings. The van der Waals surface area contributed by atoms with Gasteiger partial charge in [-0.05, 0) is 62.6 Å². The van der Waals surface area contributed by atoms with Crippen molar-refractivity contribution in [1.29, 1.82) is 0 Å². The highest BCUT2D eigenvalue weighted by Gasteiger charge is 2.15. The number of nitrogens with one attached hydrogen (secondary N) is 2. The van der Waals surface area contributed by atoms with Crippen molar-refractivity contribution in [2.24, 2.45) is 0 Å². The summed E-state index contributed by atoms with van der Waals surface area (Å²) < 4.78 is 5.19. The zero-order valence-electron chi connectivity index (χ0n) is 15.8. The monoisotopic (exact) mass is 354 g/mol. The first-order valence-corrected chi connectivity index (χ1v) is 8.73. The molecule has 5 heteroatoms. The molecule has 2 rings (SSSR count). The van der Waals surface area contributed by atoms with E-state index in [-0.39, 0.29) is 5.91 Å². The lowest BCUT2D eigenvalue weighted by molar-refractivity contribution is 0.0523. The van der Waals surface area contributed by atoms with Gasteiger partial charge in [0.15, 0.2) is 0 Å². The maximum Gasteiger partial charge on any atom is 0.407 e. The standard InChI is InChI=1S/C21H26N2O3/c1-5-15-8-12-18(13-9-15)23-19(24)17-10-6-16(7-11-17)14-22-20(25)26-21(2,3)4/h6-13H,5,14H2,1-4H3,(H,22,25)(H,23,24). The first-order valence-electron chi connectivity index (χ1n) is 8.73. The number of aryl methyl sites for hydroxylation is 1. The normalized spacial score (nSPS) is 10.9. The highest BCUT2D eigenvalue weighted by atomic mass is 16.6. The summed E-state index contributed by atoms with van der Waals surface area (Å²) in [6, 6.07) is 14.9. The number of hydrogen-bond donors (Lipinski definition) is 2. The molecule has 26 heavy (non-hydrogen) atoms. The van der Waals surface area contributed by atoms with Gasteiger partial charge in [-0.15, -0.1) is 0 Å². The van der Waals surface area contributed by atoms with Crippen molar-refractivity contribution < 1.29 is 14.3 Å². The highest BCUT2D eigenvalue weighted by molar-refractivity contribution is 6.04. The molecule has 0 radical (unpaired) electrons. The maximum absolute atomic E-state index is 12.3. The van der Waals surface area contributed by atoms with E-state index in [1.165, 1.54) is 5.56 Å². The molecule has 0 aliphatic carbocycles. The second kappa shape index (κ2) is 8.52. The van der Waals surface area contributed by atoms with Crippen molar-refractivity contribution in [3.8, 4) is 0 Å². The molecule has 2 amide bonds. The Bertz CT molecular complexity index is 744. The molecule has 0 saturated carbocycles. The third-order valence-corrected chi connectivity index (χ3v) is 3.67. The van der Waals surface area contributed by atoms with Crippen LogP contribution >= 0.6 is 0 Å². The molecule has 0 atom stereocenters. The predicted octanol–water partition coefficient (Wildman–Crippen LogP) is 4.53. The summed E-state index contributed by atoms with van der Waals surface area (Å²) in [6.45, 7) is 7.88. The Labute approximate surface area is 154 Å². The molecule has 0 aromatic heterocycles. The molecule has 0 unspecified atom stereocenters. The van der Waals surface area contributed by atoms with E-state index in [0.717, 1.165) is 17.7 Å². The Balaban J connectivity index is 1.89. The number of benzene rings is 2. The molecular formula is C21H26N2O3. The maximum atomic E-state index is 12.3. The average Bonchev–Trinajstić information content (AvgIpc) is 2.59. The Kier molecular flexibility index (Phi) is 6.39. The summed E-state index contributed by atoms with van der Waals surface area (Å²) in [7, 11) is 0. The Morgan fingerprint density at radius 2 is 1.50 bits per heavy atom. The van der Waals surface area contributed by atoms with Gasteiger partial charge < -0.3 is 15.4 Å². The van der Waals surface area contributed by atoms with E-state index in [1.807, 2.05) is 57.2 Å². The Morgan fingerprint density at radius 1 is 0.923 bits per heavy atom. The fourth-order valence-corrected chi connectivity index (χ4v) is 2.29. The second-order valence-corrected chi connectivity index (χ2v) is 7.06. The molecule has 2 aromatic carbocycles. The van der Waals surface area contributed by atoms with Crippen molar-refractivity contribution in [3.05, 3.63) is 65.2 Å². The molecule has 0 fully saturated rings. The summed E-state index contributed by atoms with van der Waals surface area (Å²) in [6.07, 6.45) is 0.502. The number of alkyl carbamates (subject to hydrolysis) is 1. The zero-order valence-corrected chi connectivity index (χ0v) is 15.8. The molecule has 0 bridgehead atoms. The van der Waals surface area contributed by atoms with Crippen LogP contribution in [0.25, 0.3) is 0 Å². The van der Waals surface area contributed by atoms with Gasteiger partial charge in [0.05, 0.1) is 0 Å². The van der Waals surface area contributed by atoms with Crippen LogP contribution in [-0.2, 0) is 17.7 Å². The highest BCUT2D eigenvalue weighted by Crippen LogP contribution is 2.13. The van der Waals surface area contributed by atoms with Crippen molar-refractivity contribution in [2.45, 2.75) is 46.3 Å². The number of ether oxygens (including phenoxy) is 1. The van der Waals surface area contributed by atoms with Crippen LogP contribution in [0.3, 0.4) is 0 Å². The largest absolute Gasteiger partial charge is 0.444 e. The number of amides is 2. The van der Waals surface area contributed by atoms with Gasteiger partial charge in [-0.25, -0.2) is 4.79 Å². The van der Waals surface area contributed by atoms with Gasteiger partial charge >= 0.3 is 6.09 Å². The molecule has 2 N–H and O–H groups in total. The second-order valence-electron chi connectivity index (χ2n) is 7.06. The van der Waals surface area contributed by atoms with E-state index >= 15 is 0 Å². The van der Waals surface area contributed by atoms with Crippen LogP contribution in [0.5, 0.6) is 0 Å². The number of carbonyl (C=O) groups is 2. The molecule has 0 heterocycles. The van der Waals surface area contributed by atoms with Crippen molar-refractivity contribution in [1.82, 2.24) is 5.32 Å². The van der Waals surface area contributed by atoms with Gasteiger partial charge in [-0.1, -0.05) is 31.2 Å². The van der Waals surface area contributed by atoms with Crippen LogP contribution in [0.15, 0.2) is 48.5 Å². The summed E-state index contributed by atoms with van der Waals surface area (Å²) in [4.78, 5) is 24.0. The van der Waals surface area contributed by atoms with E-state index in [4.69, 9.17) is 4.74 Å². The van der Waals surface area contributed by atoms with Crippen LogP contribution in [0.1, 0.15) is 49.2 Å². The first kappa shape index (κ1) is 19.5. The fourth-order valence-electron chi connectivity index (χ4n) is 2.29. The SMILES string of the molecule is CCc1ccc(NC(=O)c2ccc(CNC(=O)OC(C)(C)C)cc2)cc1. The third-order valence-electron chi connectivity index (χ3n) is 3.67. The van der Waals surface area contributed by atoms with Crippen molar-refractivity contribution in [2.75, 3.05) is 5.32 Å². The lowest BCUT2D eigenvalue weighted by Gasteiger charge is -2.19. The van der Waals surface area contributed by atoms with Gasteiger partial charge in [0.1, 0.15) is 5.60 Å². The molecule has 138 valence electrons. The van der Waals surface area contributed by atoms with E-state index in [2.05, 4.69) is 17.6 Å². The molecular weight excluding hydrogens is 328 g/mol. The quantitative estimate of drug-likeness (QED) is 0.829. The smallest absolute Gasteiger partial charge is 0.407 e. The minimum Gasteiger partial charge on any atom is -0.444 e. The molecule has 0 aliphatic rings. The molecule has 0 spiro atoms. The topological polar surface area (TPSA) is 67.4 Å². The summed E-state index contributed by atoms with van der Waals surface area (Å²) in [5, 5.41) is 5.57. The molecule has 5 nitrogen and oxygen atoms in total. The van der Waals surface area contributed by atoms with Gasteiger partial charge in [-0.2, -0.15) is 0 Å². The lowest BCUT2D eigenvalue weighted by atomic mass is 10.1. The van der Waals surface area contributed by atoms with Gasteiger partial charge in [-0.3, -0.25) is 4.79 Å². The summed E-state index contributed by atoms with van der Waals surface area (Å²) in [5.41, 5.74) is 2.92. The Hall–Kier alpha value is -2.82. The van der Waals surface area contributed by atoms with Gasteiger partial charge in [0, 0.05) is 17.8 Å². The zero-order chi connectivity index (χ0) is 19.2. The van der Waals surface area contributed by atoms with Crippen LogP contribution in [-0.4, -0.2) is 17.6 Å². The van der Waals surface area contributed by atoms with Crippen LogP contribution < -0.4 is 10.6 Å². The van der Waals surface area contributed by atoms with E-state index in [9.17, 15) is 9.59 Å². The summed E-state index contributed by atoms with van der Waals surface area (Å²) in [5.74, 6) is -0.166. The van der Waals surface area contributed by atoms with Crippen LogP contribution in [0.2, 0.25) is 0 Å². The first-order chi connectivity index (χ1) is 12.3. The number of carbonyl (C=O) groups excluding carboxylic acids is 2. The van der Waals surface area contributed by atoms with Crippen LogP contribution in [0, 0.1) is 0 Å². The van der Waals surface area contributed by atoms with E-state index < -0.39 is 11.7 Å². The van der Waals surface area contributed by atoms with Crippen LogP contribution in [0.4, 0.5) is 10.5 Å². The number of anilines is 1. The predicted molar refractivity (Wildman–Crippen MR) is 103 cm³/mol. The molecule has 0 aliphatic heterocycles. The van der Waals surface area contributed by atoms with Crippen molar-refractivity contribution in [3.63, 3.8) is 0 Å². The summed E-state index contributed by atoms with van der Waals surface area (Å²) >= 11 is 0. The third kappa shape index (κ3) is 6.24. The van der Waals surface area contributed by atoms with Gasteiger partial charge in [0.2, 0.25) is 0 Å². The van der Waals surface area contributed by atoms with E-state index in [1.54, 1.807) is 12.1 Å². The molecule has 0 saturated heterocycles. The Morgan fingerprint density at radius 3 is 2.04 bits per heavy atom.